The molecule has 0 aliphatic heterocycles. The van der Waals surface area contributed by atoms with E-state index in [-0.39, 0.29) is 11.5 Å². The predicted molar refractivity (Wildman–Crippen MR) is 70.1 cm³/mol. The molecule has 4 nitrogen and oxygen atoms in total. The zero-order valence-corrected chi connectivity index (χ0v) is 10.1. The van der Waals surface area contributed by atoms with Gasteiger partial charge in [0.15, 0.2) is 0 Å². The summed E-state index contributed by atoms with van der Waals surface area (Å²) in [6.45, 7) is 0.339. The molecular weight excluding hydrogens is 230 g/mol. The largest absolute Gasteiger partial charge is 0.507 e. The number of nitrogens with one attached hydrogen (secondary N) is 1. The molecule has 94 valence electrons. The van der Waals surface area contributed by atoms with E-state index in [4.69, 9.17) is 4.74 Å². The van der Waals surface area contributed by atoms with E-state index in [1.807, 2.05) is 24.3 Å². The van der Waals surface area contributed by atoms with Gasteiger partial charge in [-0.1, -0.05) is 12.1 Å². The first kappa shape index (κ1) is 12.1. The van der Waals surface area contributed by atoms with Crippen molar-refractivity contribution in [3.05, 3.63) is 48.0 Å². The normalized spacial score (nSPS) is 10.1. The van der Waals surface area contributed by atoms with Crippen molar-refractivity contribution in [1.82, 2.24) is 0 Å². The molecule has 3 N–H and O–H groups in total. The van der Waals surface area contributed by atoms with Gasteiger partial charge in [0.05, 0.1) is 12.7 Å². The summed E-state index contributed by atoms with van der Waals surface area (Å²) >= 11 is 0. The standard InChI is InChI=1S/C14H15NO3/c1-18-11-5-2-4-10(8-11)15-9-12-13(16)6-3-7-14(12)17/h2-8,15-17H,9H2,1H3. The molecule has 0 saturated heterocycles. The fraction of sp³-hybridized carbons (Fsp3) is 0.143. The van der Waals surface area contributed by atoms with Gasteiger partial charge in [-0.15, -0.1) is 0 Å². The lowest BCUT2D eigenvalue weighted by Crippen LogP contribution is -2.00. The molecular formula is C14H15NO3. The Morgan fingerprint density at radius 1 is 1.06 bits per heavy atom. The molecule has 0 bridgehead atoms. The van der Waals surface area contributed by atoms with Crippen molar-refractivity contribution >= 4 is 5.69 Å². The Morgan fingerprint density at radius 3 is 2.39 bits per heavy atom. The van der Waals surface area contributed by atoms with Crippen LogP contribution in [0, 0.1) is 0 Å². The molecule has 0 saturated carbocycles. The lowest BCUT2D eigenvalue weighted by Gasteiger charge is -2.10. The molecule has 0 heterocycles. The molecule has 0 fully saturated rings. The summed E-state index contributed by atoms with van der Waals surface area (Å²) in [7, 11) is 1.61. The molecule has 0 atom stereocenters. The van der Waals surface area contributed by atoms with E-state index in [1.54, 1.807) is 25.3 Å². The molecule has 18 heavy (non-hydrogen) atoms. The summed E-state index contributed by atoms with van der Waals surface area (Å²) < 4.78 is 5.12. The van der Waals surface area contributed by atoms with Crippen molar-refractivity contribution in [3.8, 4) is 17.2 Å². The number of phenols is 2. The average Bonchev–Trinajstić information content (AvgIpc) is 2.38. The first-order valence-corrected chi connectivity index (χ1v) is 5.58. The van der Waals surface area contributed by atoms with Crippen molar-refractivity contribution in [2.45, 2.75) is 6.54 Å². The molecule has 0 spiro atoms. The fourth-order valence-electron chi connectivity index (χ4n) is 1.67. The number of benzene rings is 2. The third-order valence-corrected chi connectivity index (χ3v) is 2.67. The SMILES string of the molecule is COc1cccc(NCc2c(O)cccc2O)c1. The van der Waals surface area contributed by atoms with Crippen LogP contribution in [0.3, 0.4) is 0 Å². The number of ether oxygens (including phenoxy) is 1. The van der Waals surface area contributed by atoms with Crippen LogP contribution >= 0.6 is 0 Å². The molecule has 0 aliphatic rings. The van der Waals surface area contributed by atoms with Crippen LogP contribution < -0.4 is 10.1 Å². The van der Waals surface area contributed by atoms with E-state index in [9.17, 15) is 10.2 Å². The number of rotatable bonds is 4. The maximum atomic E-state index is 9.65. The van der Waals surface area contributed by atoms with Gasteiger partial charge in [-0.25, -0.2) is 0 Å². The minimum absolute atomic E-state index is 0.0744. The van der Waals surface area contributed by atoms with Gasteiger partial charge < -0.3 is 20.3 Å². The average molecular weight is 245 g/mol. The zero-order valence-electron chi connectivity index (χ0n) is 10.1. The van der Waals surface area contributed by atoms with E-state index < -0.39 is 0 Å². The third kappa shape index (κ3) is 2.66. The molecule has 0 aliphatic carbocycles. The first-order chi connectivity index (χ1) is 8.70. The Kier molecular flexibility index (Phi) is 3.57. The van der Waals surface area contributed by atoms with E-state index in [0.29, 0.717) is 12.1 Å². The van der Waals surface area contributed by atoms with Crippen LogP contribution in [0.15, 0.2) is 42.5 Å². The predicted octanol–water partition coefficient (Wildman–Crippen LogP) is 2.72. The van der Waals surface area contributed by atoms with Gasteiger partial charge >= 0.3 is 0 Å². The van der Waals surface area contributed by atoms with Crippen molar-refractivity contribution < 1.29 is 14.9 Å². The molecule has 2 rings (SSSR count). The molecule has 0 unspecified atom stereocenters. The Hall–Kier alpha value is -2.36. The highest BCUT2D eigenvalue weighted by Gasteiger charge is 2.06. The van der Waals surface area contributed by atoms with Gasteiger partial charge in [0.2, 0.25) is 0 Å². The van der Waals surface area contributed by atoms with Crippen molar-refractivity contribution in [3.63, 3.8) is 0 Å². The maximum absolute atomic E-state index is 9.65. The second-order valence-corrected chi connectivity index (χ2v) is 3.86. The number of methoxy groups -OCH3 is 1. The van der Waals surface area contributed by atoms with Crippen LogP contribution in [-0.4, -0.2) is 17.3 Å². The topological polar surface area (TPSA) is 61.7 Å². The fourth-order valence-corrected chi connectivity index (χ4v) is 1.67. The second-order valence-electron chi connectivity index (χ2n) is 3.86. The monoisotopic (exact) mass is 245 g/mol. The summed E-state index contributed by atoms with van der Waals surface area (Å²) in [5, 5.41) is 22.4. The van der Waals surface area contributed by atoms with Crippen LogP contribution in [0.1, 0.15) is 5.56 Å². The van der Waals surface area contributed by atoms with Crippen LogP contribution in [-0.2, 0) is 6.54 Å². The van der Waals surface area contributed by atoms with E-state index in [2.05, 4.69) is 5.32 Å². The molecule has 2 aromatic carbocycles. The van der Waals surface area contributed by atoms with E-state index >= 15 is 0 Å². The Labute approximate surface area is 105 Å². The van der Waals surface area contributed by atoms with Crippen LogP contribution in [0.5, 0.6) is 17.2 Å². The van der Waals surface area contributed by atoms with E-state index in [0.717, 1.165) is 11.4 Å². The number of anilines is 1. The smallest absolute Gasteiger partial charge is 0.124 e. The highest BCUT2D eigenvalue weighted by atomic mass is 16.5. The number of phenolic OH excluding ortho intramolecular Hbond substituents is 2. The molecule has 0 aromatic heterocycles. The van der Waals surface area contributed by atoms with Gasteiger partial charge in [-0.05, 0) is 24.3 Å². The van der Waals surface area contributed by atoms with Crippen LogP contribution in [0.25, 0.3) is 0 Å². The van der Waals surface area contributed by atoms with Gasteiger partial charge in [-0.2, -0.15) is 0 Å². The van der Waals surface area contributed by atoms with Gasteiger partial charge in [0.25, 0.3) is 0 Å². The lowest BCUT2D eigenvalue weighted by molar-refractivity contribution is 0.415. The summed E-state index contributed by atoms with van der Waals surface area (Å²) in [4.78, 5) is 0. The second kappa shape index (κ2) is 5.31. The summed E-state index contributed by atoms with van der Waals surface area (Å²) in [6, 6.07) is 12.1. The summed E-state index contributed by atoms with van der Waals surface area (Å²) in [6.07, 6.45) is 0. The highest BCUT2D eigenvalue weighted by Crippen LogP contribution is 2.27. The summed E-state index contributed by atoms with van der Waals surface area (Å²) in [5.74, 6) is 0.900. The van der Waals surface area contributed by atoms with Crippen molar-refractivity contribution in [1.29, 1.82) is 0 Å². The molecule has 0 radical (unpaired) electrons. The minimum atomic E-state index is 0.0744. The Morgan fingerprint density at radius 2 is 1.72 bits per heavy atom. The maximum Gasteiger partial charge on any atom is 0.124 e. The van der Waals surface area contributed by atoms with Gasteiger partial charge in [0.1, 0.15) is 17.2 Å². The van der Waals surface area contributed by atoms with Gasteiger partial charge in [-0.3, -0.25) is 0 Å². The zero-order chi connectivity index (χ0) is 13.0. The third-order valence-electron chi connectivity index (χ3n) is 2.67. The van der Waals surface area contributed by atoms with Crippen LogP contribution in [0.2, 0.25) is 0 Å². The number of hydrogen-bond acceptors (Lipinski definition) is 4. The number of aromatic hydroxyl groups is 2. The molecule has 4 heteroatoms. The number of hydrogen-bond donors (Lipinski definition) is 3. The van der Waals surface area contributed by atoms with E-state index in [1.165, 1.54) is 0 Å². The highest BCUT2D eigenvalue weighted by molar-refractivity contribution is 5.51. The quantitative estimate of drug-likeness (QED) is 0.775. The summed E-state index contributed by atoms with van der Waals surface area (Å²) in [5.41, 5.74) is 1.33. The van der Waals surface area contributed by atoms with Crippen molar-refractivity contribution in [2.75, 3.05) is 12.4 Å². The Balaban J connectivity index is 2.11. The molecule has 2 aromatic rings. The van der Waals surface area contributed by atoms with Crippen LogP contribution in [0.4, 0.5) is 5.69 Å². The Bertz CT molecular complexity index is 520. The first-order valence-electron chi connectivity index (χ1n) is 5.58. The minimum Gasteiger partial charge on any atom is -0.507 e. The molecule has 0 amide bonds. The van der Waals surface area contributed by atoms with Gasteiger partial charge in [0, 0.05) is 18.3 Å². The lowest BCUT2D eigenvalue weighted by atomic mass is 10.1. The van der Waals surface area contributed by atoms with Crippen molar-refractivity contribution in [2.24, 2.45) is 0 Å².